The molecule has 7 heteroatoms. The third-order valence-corrected chi connectivity index (χ3v) is 18.1. The third kappa shape index (κ3) is 3.43. The Bertz CT molecular complexity index is 1460. The van der Waals surface area contributed by atoms with Crippen LogP contribution < -0.4 is 5.32 Å². The summed E-state index contributed by atoms with van der Waals surface area (Å²) >= 11 is 0. The molecule has 6 aliphatic carbocycles. The van der Waals surface area contributed by atoms with E-state index in [1.54, 1.807) is 7.11 Å². The van der Waals surface area contributed by atoms with Gasteiger partial charge in [0.1, 0.15) is 11.7 Å². The number of aliphatic hydroxyl groups is 3. The summed E-state index contributed by atoms with van der Waals surface area (Å²) in [6, 6.07) is 9.05. The number of anilines is 1. The lowest BCUT2D eigenvalue weighted by molar-refractivity contribution is -0.221. The molecular formula is C37H47NO4S2. The van der Waals surface area contributed by atoms with E-state index in [0.717, 1.165) is 56.4 Å². The second-order valence-corrected chi connectivity index (χ2v) is 18.7. The molecule has 9 rings (SSSR count). The van der Waals surface area contributed by atoms with Gasteiger partial charge >= 0.3 is 0 Å². The Morgan fingerprint density at radius 2 is 1.95 bits per heavy atom. The average Bonchev–Trinajstić information content (AvgIpc) is 3.59. The molecule has 44 heavy (non-hydrogen) atoms. The van der Waals surface area contributed by atoms with Crippen LogP contribution in [0.2, 0.25) is 0 Å². The highest BCUT2D eigenvalue weighted by atomic mass is 33.1. The summed E-state index contributed by atoms with van der Waals surface area (Å²) in [5, 5.41) is 39.9. The van der Waals surface area contributed by atoms with E-state index < -0.39 is 11.7 Å². The van der Waals surface area contributed by atoms with Gasteiger partial charge in [0.05, 0.1) is 23.8 Å². The molecule has 9 bridgehead atoms. The number of aliphatic hydroxyl groups excluding tert-OH is 2. The van der Waals surface area contributed by atoms with Crippen LogP contribution in [0.4, 0.5) is 5.69 Å². The predicted molar refractivity (Wildman–Crippen MR) is 177 cm³/mol. The third-order valence-electron chi connectivity index (χ3n) is 15.0. The van der Waals surface area contributed by atoms with E-state index >= 15 is 0 Å². The molecule has 4 N–H and O–H groups in total. The van der Waals surface area contributed by atoms with E-state index in [0.29, 0.717) is 34.7 Å². The normalized spacial score (nSPS) is 53.1. The summed E-state index contributed by atoms with van der Waals surface area (Å²) < 4.78 is 6.02. The smallest absolute Gasteiger partial charge is 0.111 e. The van der Waals surface area contributed by atoms with Crippen LogP contribution in [-0.2, 0) is 11.2 Å². The van der Waals surface area contributed by atoms with Crippen LogP contribution in [0.5, 0.6) is 0 Å². The van der Waals surface area contributed by atoms with Crippen molar-refractivity contribution in [2.45, 2.75) is 100 Å². The molecule has 2 aliphatic heterocycles. The number of ether oxygens (including phenoxy) is 1. The second kappa shape index (κ2) is 9.86. The van der Waals surface area contributed by atoms with Gasteiger partial charge in [0, 0.05) is 42.1 Å². The zero-order valence-electron chi connectivity index (χ0n) is 26.0. The number of hydrogen-bond acceptors (Lipinski definition) is 7. The summed E-state index contributed by atoms with van der Waals surface area (Å²) in [7, 11) is 5.77. The van der Waals surface area contributed by atoms with E-state index in [1.165, 1.54) is 24.8 Å². The molecule has 5 saturated carbocycles. The van der Waals surface area contributed by atoms with Crippen LogP contribution in [0.25, 0.3) is 0 Å². The van der Waals surface area contributed by atoms with Crippen molar-refractivity contribution in [3.63, 3.8) is 0 Å². The summed E-state index contributed by atoms with van der Waals surface area (Å²) in [6.45, 7) is 2.40. The quantitative estimate of drug-likeness (QED) is 0.205. The number of methoxy groups -OCH3 is 1. The van der Waals surface area contributed by atoms with Crippen molar-refractivity contribution in [1.82, 2.24) is 0 Å². The van der Waals surface area contributed by atoms with E-state index in [-0.39, 0.29) is 40.2 Å². The first-order valence-corrected chi connectivity index (χ1v) is 19.6. The molecule has 2 heterocycles. The summed E-state index contributed by atoms with van der Waals surface area (Å²) in [4.78, 5) is 0. The van der Waals surface area contributed by atoms with Gasteiger partial charge in [-0.15, -0.1) is 11.8 Å². The van der Waals surface area contributed by atoms with Crippen LogP contribution >= 0.6 is 21.6 Å². The first kappa shape index (κ1) is 28.9. The molecule has 5 fully saturated rings. The summed E-state index contributed by atoms with van der Waals surface area (Å²) in [5.74, 6) is 11.0. The lowest BCUT2D eigenvalue weighted by Gasteiger charge is -2.62. The van der Waals surface area contributed by atoms with Gasteiger partial charge in [-0.2, -0.15) is 0 Å². The Labute approximate surface area is 270 Å². The molecule has 0 amide bonds. The lowest BCUT2D eigenvalue weighted by atomic mass is 9.42. The van der Waals surface area contributed by atoms with Crippen LogP contribution in [0, 0.1) is 63.6 Å². The minimum atomic E-state index is -1.10. The summed E-state index contributed by atoms with van der Waals surface area (Å²) in [5.41, 5.74) is 0.987. The lowest BCUT2D eigenvalue weighted by Crippen LogP contribution is -2.64. The molecular weight excluding hydrogens is 587 g/mol. The molecule has 0 saturated heterocycles. The number of nitrogens with one attached hydrogen (secondary N) is 1. The monoisotopic (exact) mass is 633 g/mol. The zero-order valence-corrected chi connectivity index (χ0v) is 27.6. The topological polar surface area (TPSA) is 82.0 Å². The molecule has 0 aromatic heterocycles. The van der Waals surface area contributed by atoms with Crippen molar-refractivity contribution in [3.05, 3.63) is 41.7 Å². The average molecular weight is 634 g/mol. The van der Waals surface area contributed by atoms with E-state index in [1.807, 2.05) is 16.9 Å². The first-order valence-electron chi connectivity index (χ1n) is 17.2. The van der Waals surface area contributed by atoms with Gasteiger partial charge in [-0.05, 0) is 116 Å². The minimum Gasteiger partial charge on any atom is -0.512 e. The van der Waals surface area contributed by atoms with Gasteiger partial charge in [0.15, 0.2) is 0 Å². The van der Waals surface area contributed by atoms with Crippen molar-refractivity contribution < 1.29 is 20.1 Å². The largest absolute Gasteiger partial charge is 0.512 e. The molecule has 5 nitrogen and oxygen atoms in total. The van der Waals surface area contributed by atoms with Crippen molar-refractivity contribution >= 4 is 27.3 Å². The molecule has 0 unspecified atom stereocenters. The fourth-order valence-electron chi connectivity index (χ4n) is 13.4. The van der Waals surface area contributed by atoms with Gasteiger partial charge in [-0.25, -0.2) is 0 Å². The number of benzene rings is 1. The van der Waals surface area contributed by atoms with Crippen molar-refractivity contribution in [1.29, 1.82) is 0 Å². The van der Waals surface area contributed by atoms with Crippen LogP contribution in [0.3, 0.4) is 0 Å². The van der Waals surface area contributed by atoms with Crippen molar-refractivity contribution in [2.75, 3.05) is 18.2 Å². The molecule has 8 aliphatic rings. The molecule has 0 radical (unpaired) electrons. The van der Waals surface area contributed by atoms with Gasteiger partial charge in [-0.1, -0.05) is 40.6 Å². The Hall–Kier alpha value is -1.30. The van der Waals surface area contributed by atoms with Crippen LogP contribution in [0.1, 0.15) is 70.3 Å². The zero-order chi connectivity index (χ0) is 30.1. The fourth-order valence-corrected chi connectivity index (χ4v) is 17.0. The Kier molecular flexibility index (Phi) is 6.47. The van der Waals surface area contributed by atoms with E-state index in [4.69, 9.17) is 4.74 Å². The molecule has 1 aromatic carbocycles. The molecule has 2 spiro atoms. The Morgan fingerprint density at radius 1 is 1.09 bits per heavy atom. The molecule has 1 aromatic rings. The van der Waals surface area contributed by atoms with Crippen molar-refractivity contribution in [2.24, 2.45) is 51.8 Å². The maximum Gasteiger partial charge on any atom is 0.111 e. The minimum absolute atomic E-state index is 0.0134. The first-order chi connectivity index (χ1) is 21.3. The highest BCUT2D eigenvalue weighted by molar-refractivity contribution is 8.77. The van der Waals surface area contributed by atoms with Gasteiger partial charge in [-0.3, -0.25) is 0 Å². The second-order valence-electron chi connectivity index (χ2n) is 16.1. The molecule has 14 atom stereocenters. The highest BCUT2D eigenvalue weighted by Gasteiger charge is 2.88. The maximum atomic E-state index is 13.0. The molecule has 236 valence electrons. The van der Waals surface area contributed by atoms with Crippen molar-refractivity contribution in [3.8, 4) is 11.8 Å². The standard InChI is InChI=1S/C37H47NO4S2/c1-34-25-11-13-35-18-23-14-21-6-5-8-26(15-21)38-32-28(39)10-9-22(33(32)44-43-20-24(23)19-35)7-3-4-12-36(34,35)27(16-25)31-29(40)17-30(42-2)37(31,34)41/h5-6,8,15,17,22-25,27-28,30-33,38-41H,7,9-14,16,18-20H2,1-2H3/t22-,23-,24-,25-,27+,28-,30+,31+,32-,33+,34+,35-,36-,37+/m0/s1. The van der Waals surface area contributed by atoms with Crippen LogP contribution in [0.15, 0.2) is 36.1 Å². The highest BCUT2D eigenvalue weighted by Crippen LogP contribution is 2.88. The Morgan fingerprint density at radius 3 is 2.82 bits per heavy atom. The summed E-state index contributed by atoms with van der Waals surface area (Å²) in [6.07, 6.45) is 11.3. The number of fused-ring (bicyclic) bond motifs is 6. The van der Waals surface area contributed by atoms with Gasteiger partial charge in [0.2, 0.25) is 0 Å². The SMILES string of the molecule is CO[C@@H]1C=C(O)[C@H]2[C@H]3C[C@@H]4CC[C@]56C[C@H]7CSS[C@@H]8[C@@H](CC#CC[C@@]35[C@]4(C)[C@@]12O)CC[C@H](O)[C@@H]8Nc1cccc(c1)C[C@H]7C6. The van der Waals surface area contributed by atoms with Gasteiger partial charge in [0.25, 0.3) is 0 Å². The fraction of sp³-hybridized carbons (Fsp3) is 0.730. The predicted octanol–water partition coefficient (Wildman–Crippen LogP) is 6.61. The number of rotatable bonds is 1. The Balaban J connectivity index is 1.23. The van der Waals surface area contributed by atoms with Gasteiger partial charge < -0.3 is 25.4 Å². The van der Waals surface area contributed by atoms with E-state index in [9.17, 15) is 15.3 Å². The van der Waals surface area contributed by atoms with Crippen LogP contribution in [-0.4, -0.2) is 57.3 Å². The number of hydrogen-bond donors (Lipinski definition) is 4. The maximum absolute atomic E-state index is 13.0. The van der Waals surface area contributed by atoms with E-state index in [2.05, 4.69) is 59.1 Å².